The summed E-state index contributed by atoms with van der Waals surface area (Å²) in [5.74, 6) is -1.10. The van der Waals surface area contributed by atoms with Crippen molar-refractivity contribution >= 4 is 17.5 Å². The van der Waals surface area contributed by atoms with Crippen LogP contribution in [0.25, 0.3) is 0 Å². The molecular weight excluding hydrogens is 237 g/mol. The van der Waals surface area contributed by atoms with Gasteiger partial charge in [-0.3, -0.25) is 9.79 Å². The molecule has 1 aromatic rings. The van der Waals surface area contributed by atoms with Gasteiger partial charge in [0.15, 0.2) is 0 Å². The first-order chi connectivity index (χ1) is 8.54. The summed E-state index contributed by atoms with van der Waals surface area (Å²) in [7, 11) is 0. The molecule has 1 aromatic carbocycles. The molecule has 0 amide bonds. The third kappa shape index (κ3) is 2.42. The van der Waals surface area contributed by atoms with Crippen molar-refractivity contribution in [2.24, 2.45) is 16.1 Å². The number of rotatable bonds is 5. The highest BCUT2D eigenvalue weighted by molar-refractivity contribution is 6.06. The van der Waals surface area contributed by atoms with Crippen molar-refractivity contribution in [1.82, 2.24) is 0 Å². The summed E-state index contributed by atoms with van der Waals surface area (Å²) in [6.07, 6.45) is 1.07. The van der Waals surface area contributed by atoms with E-state index in [1.165, 1.54) is 12.1 Å². The van der Waals surface area contributed by atoms with Crippen LogP contribution in [0.2, 0.25) is 0 Å². The molecule has 0 aliphatic heterocycles. The van der Waals surface area contributed by atoms with E-state index in [1.54, 1.807) is 12.1 Å². The monoisotopic (exact) mass is 251 g/mol. The van der Waals surface area contributed by atoms with E-state index < -0.39 is 11.4 Å². The summed E-state index contributed by atoms with van der Waals surface area (Å²) in [6.45, 7) is 0.173. The fourth-order valence-electron chi connectivity index (χ4n) is 1.64. The molecular formula is C12H14FN3O2. The minimum Gasteiger partial charge on any atom is -0.480 e. The molecule has 5 nitrogen and oxygen atoms in total. The van der Waals surface area contributed by atoms with E-state index in [0.717, 1.165) is 0 Å². The Morgan fingerprint density at radius 2 is 2.06 bits per heavy atom. The van der Waals surface area contributed by atoms with Gasteiger partial charge >= 0.3 is 5.97 Å². The van der Waals surface area contributed by atoms with Crippen molar-refractivity contribution in [3.8, 4) is 0 Å². The molecule has 18 heavy (non-hydrogen) atoms. The lowest BCUT2D eigenvalue weighted by molar-refractivity contribution is -0.140. The largest absolute Gasteiger partial charge is 0.480 e. The van der Waals surface area contributed by atoms with Crippen molar-refractivity contribution < 1.29 is 14.3 Å². The zero-order valence-corrected chi connectivity index (χ0v) is 9.69. The fraction of sp³-hybridized carbons (Fsp3) is 0.333. The van der Waals surface area contributed by atoms with Gasteiger partial charge < -0.3 is 16.2 Å². The Kier molecular flexibility index (Phi) is 3.18. The number of nitrogens with one attached hydrogen (secondary N) is 1. The number of halogens is 1. The fourth-order valence-corrected chi connectivity index (χ4v) is 1.64. The van der Waals surface area contributed by atoms with Crippen molar-refractivity contribution in [2.45, 2.75) is 12.8 Å². The number of nitrogens with zero attached hydrogens (tertiary/aromatic N) is 1. The number of anilines is 1. The minimum atomic E-state index is -0.954. The highest BCUT2D eigenvalue weighted by Crippen LogP contribution is 2.45. The lowest BCUT2D eigenvalue weighted by atomic mass is 10.1. The van der Waals surface area contributed by atoms with Crippen LogP contribution in [0.5, 0.6) is 0 Å². The summed E-state index contributed by atoms with van der Waals surface area (Å²) in [6, 6.07) is 5.81. The number of carboxylic acids is 1. The first kappa shape index (κ1) is 12.3. The number of benzene rings is 1. The summed E-state index contributed by atoms with van der Waals surface area (Å²) in [4.78, 5) is 15.0. The van der Waals surface area contributed by atoms with E-state index in [0.29, 0.717) is 18.5 Å². The molecule has 0 heterocycles. The molecule has 96 valence electrons. The number of aliphatic carboxylic acids is 1. The normalized spacial score (nSPS) is 17.3. The topological polar surface area (TPSA) is 87.7 Å². The molecule has 0 unspecified atom stereocenters. The number of carboxylic acid groups (broad SMARTS) is 1. The predicted octanol–water partition coefficient (Wildman–Crippen LogP) is 1.42. The maximum Gasteiger partial charge on any atom is 0.317 e. The van der Waals surface area contributed by atoms with Crippen LogP contribution in [-0.2, 0) is 4.79 Å². The molecule has 0 radical (unpaired) electrons. The van der Waals surface area contributed by atoms with Gasteiger partial charge in [0.05, 0.1) is 0 Å². The average molecular weight is 251 g/mol. The smallest absolute Gasteiger partial charge is 0.317 e. The van der Waals surface area contributed by atoms with Gasteiger partial charge in [-0.25, -0.2) is 4.39 Å². The van der Waals surface area contributed by atoms with Gasteiger partial charge in [-0.1, -0.05) is 0 Å². The van der Waals surface area contributed by atoms with E-state index in [4.69, 9.17) is 10.8 Å². The molecule has 1 fully saturated rings. The first-order valence-electron chi connectivity index (χ1n) is 5.58. The van der Waals surface area contributed by atoms with Crippen LogP contribution in [0.4, 0.5) is 10.1 Å². The van der Waals surface area contributed by atoms with E-state index in [9.17, 15) is 9.18 Å². The molecule has 2 rings (SSSR count). The van der Waals surface area contributed by atoms with Crippen LogP contribution in [0, 0.1) is 11.2 Å². The third-order valence-electron chi connectivity index (χ3n) is 3.03. The van der Waals surface area contributed by atoms with Crippen LogP contribution in [-0.4, -0.2) is 23.6 Å². The molecule has 0 bridgehead atoms. The van der Waals surface area contributed by atoms with E-state index in [1.807, 2.05) is 0 Å². The second kappa shape index (κ2) is 4.64. The van der Waals surface area contributed by atoms with Gasteiger partial charge in [0, 0.05) is 5.69 Å². The van der Waals surface area contributed by atoms with E-state index >= 15 is 0 Å². The third-order valence-corrected chi connectivity index (χ3v) is 3.03. The summed E-state index contributed by atoms with van der Waals surface area (Å²) in [5, 5.41) is 11.9. The number of nitrogens with two attached hydrogens (primary N) is 1. The molecule has 1 aliphatic carbocycles. The Morgan fingerprint density at radius 3 is 2.56 bits per heavy atom. The van der Waals surface area contributed by atoms with Gasteiger partial charge in [-0.05, 0) is 37.1 Å². The van der Waals surface area contributed by atoms with Gasteiger partial charge in [0.2, 0.25) is 0 Å². The van der Waals surface area contributed by atoms with E-state index in [2.05, 4.69) is 10.3 Å². The van der Waals surface area contributed by atoms with Crippen molar-refractivity contribution in [1.29, 1.82) is 0 Å². The first-order valence-corrected chi connectivity index (χ1v) is 5.58. The van der Waals surface area contributed by atoms with Gasteiger partial charge in [0.25, 0.3) is 0 Å². The van der Waals surface area contributed by atoms with Gasteiger partial charge in [-0.2, -0.15) is 0 Å². The summed E-state index contributed by atoms with van der Waals surface area (Å²) < 4.78 is 12.6. The Morgan fingerprint density at radius 1 is 1.44 bits per heavy atom. The summed E-state index contributed by atoms with van der Waals surface area (Å²) in [5.41, 5.74) is 5.42. The zero-order valence-electron chi connectivity index (χ0n) is 9.69. The number of hydrogen-bond acceptors (Lipinski definition) is 3. The quantitative estimate of drug-likeness (QED) is 0.545. The van der Waals surface area contributed by atoms with Crippen LogP contribution < -0.4 is 11.1 Å². The lowest BCUT2D eigenvalue weighted by Gasteiger charge is -2.09. The molecule has 1 saturated carbocycles. The molecule has 0 saturated heterocycles. The molecule has 0 aromatic heterocycles. The molecule has 0 atom stereocenters. The van der Waals surface area contributed by atoms with Crippen LogP contribution in [0.15, 0.2) is 29.3 Å². The predicted molar refractivity (Wildman–Crippen MR) is 65.8 cm³/mol. The lowest BCUT2D eigenvalue weighted by Crippen LogP contribution is -2.33. The molecule has 0 spiro atoms. The average Bonchev–Trinajstić information content (AvgIpc) is 3.13. The second-order valence-corrected chi connectivity index (χ2v) is 4.27. The number of amidine groups is 1. The van der Waals surface area contributed by atoms with Crippen molar-refractivity contribution in [3.05, 3.63) is 30.1 Å². The maximum absolute atomic E-state index is 12.6. The number of aliphatic imine (C=N–C) groups is 1. The molecule has 4 N–H and O–H groups in total. The highest BCUT2D eigenvalue weighted by atomic mass is 19.1. The minimum absolute atomic E-state index is 0.143. The van der Waals surface area contributed by atoms with E-state index in [-0.39, 0.29) is 18.3 Å². The van der Waals surface area contributed by atoms with Gasteiger partial charge in [0.1, 0.15) is 23.7 Å². The standard InChI is InChI=1S/C12H14FN3O2/c13-8-1-3-9(4-2-8)15-7-16-10(14)12(5-6-12)11(17)18/h1-4,15H,5-7H2,(H2,14,16)(H,17,18). The summed E-state index contributed by atoms with van der Waals surface area (Å²) >= 11 is 0. The Bertz CT molecular complexity index is 481. The maximum atomic E-state index is 12.6. The molecule has 1 aliphatic rings. The van der Waals surface area contributed by atoms with Crippen LogP contribution in [0.3, 0.4) is 0 Å². The zero-order chi connectivity index (χ0) is 13.2. The molecule has 6 heteroatoms. The van der Waals surface area contributed by atoms with Crippen LogP contribution in [0.1, 0.15) is 12.8 Å². The van der Waals surface area contributed by atoms with Crippen molar-refractivity contribution in [2.75, 3.05) is 12.0 Å². The Balaban J connectivity index is 1.92. The SMILES string of the molecule is NC(=NCNc1ccc(F)cc1)C1(C(=O)O)CC1. The highest BCUT2D eigenvalue weighted by Gasteiger charge is 2.54. The Hall–Kier alpha value is -2.11. The number of carbonyl (C=O) groups is 1. The number of hydrogen-bond donors (Lipinski definition) is 3. The van der Waals surface area contributed by atoms with Crippen molar-refractivity contribution in [3.63, 3.8) is 0 Å². The van der Waals surface area contributed by atoms with Gasteiger partial charge in [-0.15, -0.1) is 0 Å². The Labute approximate surface area is 104 Å². The van der Waals surface area contributed by atoms with Crippen LogP contribution >= 0.6 is 0 Å². The second-order valence-electron chi connectivity index (χ2n) is 4.27.